The molecule has 0 aromatic carbocycles. The molecule has 4 nitrogen and oxygen atoms in total. The monoisotopic (exact) mass is 349 g/mol. The van der Waals surface area contributed by atoms with Gasteiger partial charge in [-0.2, -0.15) is 5.10 Å². The van der Waals surface area contributed by atoms with Crippen LogP contribution < -0.4 is 5.32 Å². The van der Waals surface area contributed by atoms with Crippen molar-refractivity contribution in [3.05, 3.63) is 36.2 Å². The maximum absolute atomic E-state index is 12.7. The summed E-state index contributed by atoms with van der Waals surface area (Å²) >= 11 is 3.60. The number of pyridine rings is 1. The Morgan fingerprint density at radius 2 is 2.43 bits per heavy atom. The summed E-state index contributed by atoms with van der Waals surface area (Å²) in [7, 11) is 0. The van der Waals surface area contributed by atoms with E-state index in [1.165, 1.54) is 12.8 Å². The maximum Gasteiger partial charge on any atom is 0.255 e. The van der Waals surface area contributed by atoms with Gasteiger partial charge in [0.05, 0.1) is 22.8 Å². The standard InChI is InChI=1S/C16H20BrN3O/c1-12-5-4-7-16(9-12,11-17)19-15(21)13-10-18-20-8-3-2-6-14(13)20/h2-3,6,8,10,12H,4-5,7,9,11H2,1H3,(H,19,21). The molecular weight excluding hydrogens is 330 g/mol. The third-order valence-corrected chi connectivity index (χ3v) is 5.47. The molecule has 112 valence electrons. The molecule has 1 N–H and O–H groups in total. The molecule has 2 unspecified atom stereocenters. The summed E-state index contributed by atoms with van der Waals surface area (Å²) in [6.45, 7) is 2.26. The average molecular weight is 350 g/mol. The lowest BCUT2D eigenvalue weighted by atomic mass is 9.77. The molecule has 2 heterocycles. The van der Waals surface area contributed by atoms with Gasteiger partial charge >= 0.3 is 0 Å². The molecule has 0 saturated heterocycles. The molecule has 0 spiro atoms. The summed E-state index contributed by atoms with van der Waals surface area (Å²) < 4.78 is 1.74. The summed E-state index contributed by atoms with van der Waals surface area (Å²) in [6, 6.07) is 5.76. The number of carbonyl (C=O) groups is 1. The lowest BCUT2D eigenvalue weighted by molar-refractivity contribution is 0.0871. The van der Waals surface area contributed by atoms with Crippen LogP contribution in [0.15, 0.2) is 30.6 Å². The Kier molecular flexibility index (Phi) is 4.02. The van der Waals surface area contributed by atoms with E-state index in [1.54, 1.807) is 10.7 Å². The summed E-state index contributed by atoms with van der Waals surface area (Å²) in [6.07, 6.45) is 7.99. The average Bonchev–Trinajstić information content (AvgIpc) is 2.91. The van der Waals surface area contributed by atoms with Gasteiger partial charge in [0, 0.05) is 11.5 Å². The van der Waals surface area contributed by atoms with E-state index in [-0.39, 0.29) is 11.4 Å². The Labute approximate surface area is 133 Å². The number of nitrogens with zero attached hydrogens (tertiary/aromatic N) is 2. The Balaban J connectivity index is 1.85. The van der Waals surface area contributed by atoms with Gasteiger partial charge < -0.3 is 5.32 Å². The smallest absolute Gasteiger partial charge is 0.255 e. The molecule has 2 aromatic rings. The molecule has 0 radical (unpaired) electrons. The van der Waals surface area contributed by atoms with E-state index in [0.29, 0.717) is 11.5 Å². The molecule has 1 aliphatic rings. The second-order valence-corrected chi connectivity index (χ2v) is 6.72. The Morgan fingerprint density at radius 1 is 1.57 bits per heavy atom. The maximum atomic E-state index is 12.7. The van der Waals surface area contributed by atoms with Gasteiger partial charge in [-0.3, -0.25) is 4.79 Å². The van der Waals surface area contributed by atoms with Crippen LogP contribution in [0.1, 0.15) is 43.0 Å². The molecule has 1 amide bonds. The lowest BCUT2D eigenvalue weighted by Gasteiger charge is -2.39. The van der Waals surface area contributed by atoms with Crippen LogP contribution in [-0.2, 0) is 0 Å². The van der Waals surface area contributed by atoms with Crippen molar-refractivity contribution >= 4 is 27.4 Å². The Morgan fingerprint density at radius 3 is 3.19 bits per heavy atom. The number of fused-ring (bicyclic) bond motifs is 1. The molecule has 1 aliphatic carbocycles. The van der Waals surface area contributed by atoms with Crippen LogP contribution in [0.4, 0.5) is 0 Å². The first kappa shape index (κ1) is 14.6. The Bertz CT molecular complexity index is 654. The van der Waals surface area contributed by atoms with Gasteiger partial charge in [-0.1, -0.05) is 41.8 Å². The van der Waals surface area contributed by atoms with Gasteiger partial charge in [-0.25, -0.2) is 4.52 Å². The molecule has 2 aromatic heterocycles. The second kappa shape index (κ2) is 5.79. The van der Waals surface area contributed by atoms with Crippen LogP contribution in [0, 0.1) is 5.92 Å². The van der Waals surface area contributed by atoms with Crippen molar-refractivity contribution in [3.8, 4) is 0 Å². The summed E-state index contributed by atoms with van der Waals surface area (Å²) in [5, 5.41) is 8.31. The van der Waals surface area contributed by atoms with Crippen molar-refractivity contribution in [3.63, 3.8) is 0 Å². The zero-order valence-corrected chi connectivity index (χ0v) is 13.8. The van der Waals surface area contributed by atoms with Gasteiger partial charge in [-0.05, 0) is 30.9 Å². The molecule has 0 aliphatic heterocycles. The number of amides is 1. The normalized spacial score (nSPS) is 25.9. The van der Waals surface area contributed by atoms with E-state index < -0.39 is 0 Å². The molecule has 0 bridgehead atoms. The van der Waals surface area contributed by atoms with E-state index >= 15 is 0 Å². The molecule has 21 heavy (non-hydrogen) atoms. The van der Waals surface area contributed by atoms with Gasteiger partial charge in [0.25, 0.3) is 5.91 Å². The zero-order valence-electron chi connectivity index (χ0n) is 12.2. The van der Waals surface area contributed by atoms with Crippen LogP contribution >= 0.6 is 15.9 Å². The molecular formula is C16H20BrN3O. The minimum absolute atomic E-state index is 0.0234. The number of halogens is 1. The number of aromatic nitrogens is 2. The second-order valence-electron chi connectivity index (χ2n) is 6.16. The van der Waals surface area contributed by atoms with Gasteiger partial charge in [0.2, 0.25) is 0 Å². The van der Waals surface area contributed by atoms with E-state index in [1.807, 2.05) is 24.4 Å². The van der Waals surface area contributed by atoms with E-state index in [9.17, 15) is 4.79 Å². The zero-order chi connectivity index (χ0) is 14.9. The number of rotatable bonds is 3. The summed E-state index contributed by atoms with van der Waals surface area (Å²) in [4.78, 5) is 12.7. The van der Waals surface area contributed by atoms with E-state index in [2.05, 4.69) is 33.3 Å². The molecule has 1 saturated carbocycles. The first-order chi connectivity index (χ1) is 10.1. The largest absolute Gasteiger partial charge is 0.346 e. The molecule has 5 heteroatoms. The number of alkyl halides is 1. The van der Waals surface area contributed by atoms with E-state index in [0.717, 1.165) is 23.7 Å². The van der Waals surface area contributed by atoms with Crippen LogP contribution in [-0.4, -0.2) is 26.4 Å². The number of hydrogen-bond acceptors (Lipinski definition) is 2. The third-order valence-electron chi connectivity index (χ3n) is 4.40. The van der Waals surface area contributed by atoms with Crippen LogP contribution in [0.2, 0.25) is 0 Å². The highest BCUT2D eigenvalue weighted by Gasteiger charge is 2.36. The fourth-order valence-corrected chi connectivity index (χ4v) is 4.00. The Hall–Kier alpha value is -1.36. The summed E-state index contributed by atoms with van der Waals surface area (Å²) in [5.41, 5.74) is 1.37. The topological polar surface area (TPSA) is 46.4 Å². The number of carbonyl (C=O) groups excluding carboxylic acids is 1. The lowest BCUT2D eigenvalue weighted by Crippen LogP contribution is -2.52. The highest BCUT2D eigenvalue weighted by molar-refractivity contribution is 9.09. The van der Waals surface area contributed by atoms with Crippen molar-refractivity contribution in [2.45, 2.75) is 38.1 Å². The van der Waals surface area contributed by atoms with Gasteiger partial charge in [-0.15, -0.1) is 0 Å². The predicted molar refractivity (Wildman–Crippen MR) is 86.8 cm³/mol. The van der Waals surface area contributed by atoms with Crippen LogP contribution in [0.5, 0.6) is 0 Å². The number of nitrogens with one attached hydrogen (secondary N) is 1. The van der Waals surface area contributed by atoms with Crippen LogP contribution in [0.3, 0.4) is 0 Å². The van der Waals surface area contributed by atoms with Crippen molar-refractivity contribution in [2.24, 2.45) is 5.92 Å². The summed E-state index contributed by atoms with van der Waals surface area (Å²) in [5.74, 6) is 0.630. The third kappa shape index (κ3) is 2.84. The van der Waals surface area contributed by atoms with Gasteiger partial charge in [0.1, 0.15) is 0 Å². The fourth-order valence-electron chi connectivity index (χ4n) is 3.35. The molecule has 2 atom stereocenters. The number of hydrogen-bond donors (Lipinski definition) is 1. The predicted octanol–water partition coefficient (Wildman–Crippen LogP) is 3.41. The SMILES string of the molecule is CC1CCCC(CBr)(NC(=O)c2cnn3ccccc23)C1. The molecule has 3 rings (SSSR count). The quantitative estimate of drug-likeness (QED) is 0.863. The van der Waals surface area contributed by atoms with Crippen molar-refractivity contribution in [2.75, 3.05) is 5.33 Å². The first-order valence-electron chi connectivity index (χ1n) is 7.44. The van der Waals surface area contributed by atoms with E-state index in [4.69, 9.17) is 0 Å². The minimum atomic E-state index is -0.127. The van der Waals surface area contributed by atoms with Crippen LogP contribution in [0.25, 0.3) is 5.52 Å². The minimum Gasteiger partial charge on any atom is -0.346 e. The van der Waals surface area contributed by atoms with Gasteiger partial charge in [0.15, 0.2) is 0 Å². The fraction of sp³-hybridized carbons (Fsp3) is 0.500. The van der Waals surface area contributed by atoms with Crippen molar-refractivity contribution < 1.29 is 4.79 Å². The van der Waals surface area contributed by atoms with Crippen molar-refractivity contribution in [1.82, 2.24) is 14.9 Å². The highest BCUT2D eigenvalue weighted by atomic mass is 79.9. The highest BCUT2D eigenvalue weighted by Crippen LogP contribution is 2.34. The molecule has 1 fully saturated rings. The van der Waals surface area contributed by atoms with Crippen molar-refractivity contribution in [1.29, 1.82) is 0 Å². The first-order valence-corrected chi connectivity index (χ1v) is 8.56.